The SMILES string of the molecule is Nc1nc2c(ncn2[C@@H]2O[C@@H]3COP(=O)(O)O[C@@H]4[C@@H](CO[P@@](=O)(S)O[C@@H]2[C@@H]3F)C[C@@H](Nc2ccncn2)[C@@H]4F)c(=O)[nH]1. The van der Waals surface area contributed by atoms with E-state index in [-0.39, 0.29) is 29.4 Å². The van der Waals surface area contributed by atoms with Gasteiger partial charge in [0.2, 0.25) is 5.95 Å². The van der Waals surface area contributed by atoms with Crippen LogP contribution in [0.25, 0.3) is 11.2 Å². The fourth-order valence-electron chi connectivity index (χ4n) is 5.11. The second kappa shape index (κ2) is 11.2. The van der Waals surface area contributed by atoms with Gasteiger partial charge < -0.3 is 25.2 Å². The summed E-state index contributed by atoms with van der Waals surface area (Å²) >= 11 is 3.98. The second-order valence-electron chi connectivity index (χ2n) is 9.74. The first-order valence-corrected chi connectivity index (χ1v) is 16.6. The summed E-state index contributed by atoms with van der Waals surface area (Å²) in [4.78, 5) is 40.7. The van der Waals surface area contributed by atoms with E-state index < -0.39 is 82.2 Å². The smallest absolute Gasteiger partial charge is 0.369 e. The Bertz CT molecular complexity index is 1620. The molecule has 0 radical (unpaired) electrons. The number of aromatic amines is 1. The van der Waals surface area contributed by atoms with E-state index in [1.54, 1.807) is 0 Å². The molecule has 228 valence electrons. The van der Waals surface area contributed by atoms with E-state index in [2.05, 4.69) is 42.5 Å². The van der Waals surface area contributed by atoms with Gasteiger partial charge >= 0.3 is 14.6 Å². The fourth-order valence-corrected chi connectivity index (χ4v) is 7.60. The van der Waals surface area contributed by atoms with Crippen molar-refractivity contribution in [1.29, 1.82) is 0 Å². The number of anilines is 2. The van der Waals surface area contributed by atoms with Crippen molar-refractivity contribution >= 4 is 49.8 Å². The predicted octanol–water partition coefficient (Wildman–Crippen LogP) is 1.52. The van der Waals surface area contributed by atoms with Crippen molar-refractivity contribution < 1.29 is 45.6 Å². The molecule has 1 saturated carbocycles. The van der Waals surface area contributed by atoms with Crippen molar-refractivity contribution in [3.63, 3.8) is 0 Å². The number of alkyl halides is 2. The molecule has 0 aromatic carbocycles. The van der Waals surface area contributed by atoms with Gasteiger partial charge in [-0.15, -0.1) is 0 Å². The normalized spacial score (nSPS) is 39.2. The zero-order valence-electron chi connectivity index (χ0n) is 21.2. The number of hydrogen-bond donors (Lipinski definition) is 5. The minimum absolute atomic E-state index is 0.0181. The first-order chi connectivity index (χ1) is 19.9. The molecule has 1 unspecified atom stereocenters. The van der Waals surface area contributed by atoms with E-state index in [1.807, 2.05) is 0 Å². The number of nitrogen functional groups attached to an aromatic ring is 1. The average molecular weight is 652 g/mol. The van der Waals surface area contributed by atoms with Crippen LogP contribution in [0.3, 0.4) is 0 Å². The monoisotopic (exact) mass is 652 g/mol. The largest absolute Gasteiger partial charge is 0.472 e. The number of aromatic nitrogens is 6. The number of thiol groups is 1. The summed E-state index contributed by atoms with van der Waals surface area (Å²) in [6, 6.07) is 0.542. The minimum Gasteiger partial charge on any atom is -0.369 e. The van der Waals surface area contributed by atoms with E-state index in [9.17, 15) is 18.8 Å². The van der Waals surface area contributed by atoms with Gasteiger partial charge in [0.05, 0.1) is 25.6 Å². The fraction of sp³-hybridized carbons (Fsp3) is 0.550. The van der Waals surface area contributed by atoms with E-state index in [4.69, 9.17) is 28.6 Å². The Morgan fingerprint density at radius 1 is 1.17 bits per heavy atom. The van der Waals surface area contributed by atoms with Gasteiger partial charge in [-0.25, -0.2) is 32.9 Å². The van der Waals surface area contributed by atoms with Gasteiger partial charge in [0, 0.05) is 12.1 Å². The Hall–Kier alpha value is -2.54. The average Bonchev–Trinajstić information content (AvgIpc) is 3.57. The molecule has 3 aromatic rings. The molecule has 0 amide bonds. The van der Waals surface area contributed by atoms with Gasteiger partial charge in [-0.2, -0.15) is 4.98 Å². The Balaban J connectivity index is 1.29. The van der Waals surface area contributed by atoms with Gasteiger partial charge in [-0.1, -0.05) is 12.2 Å². The molecule has 10 atom stereocenters. The Morgan fingerprint density at radius 3 is 2.74 bits per heavy atom. The zero-order valence-corrected chi connectivity index (χ0v) is 23.9. The Kier molecular flexibility index (Phi) is 7.86. The van der Waals surface area contributed by atoms with Crippen molar-refractivity contribution in [3.8, 4) is 0 Å². The third-order valence-corrected chi connectivity index (χ3v) is 9.59. The van der Waals surface area contributed by atoms with Crippen molar-refractivity contribution in [1.82, 2.24) is 29.5 Å². The van der Waals surface area contributed by atoms with Crippen LogP contribution in [0.4, 0.5) is 20.5 Å². The Morgan fingerprint density at radius 2 is 1.98 bits per heavy atom. The number of nitrogens with two attached hydrogens (primary N) is 1. The topological polar surface area (TPSA) is 228 Å². The molecule has 17 nitrogen and oxygen atoms in total. The molecule has 5 heterocycles. The van der Waals surface area contributed by atoms with Gasteiger partial charge in [0.15, 0.2) is 23.6 Å². The molecule has 2 aliphatic heterocycles. The molecule has 1 aliphatic carbocycles. The number of phosphoric acid groups is 1. The van der Waals surface area contributed by atoms with Crippen LogP contribution in [0.1, 0.15) is 12.6 Å². The van der Waals surface area contributed by atoms with Crippen molar-refractivity contribution in [2.45, 2.75) is 49.3 Å². The zero-order chi connectivity index (χ0) is 29.8. The van der Waals surface area contributed by atoms with Gasteiger partial charge in [-0.3, -0.25) is 27.9 Å². The number of nitrogens with zero attached hydrogens (tertiary/aromatic N) is 5. The molecule has 3 aliphatic rings. The minimum atomic E-state index is -5.01. The van der Waals surface area contributed by atoms with Crippen molar-refractivity contribution in [2.24, 2.45) is 5.92 Å². The summed E-state index contributed by atoms with van der Waals surface area (Å²) in [7, 11) is -5.01. The first kappa shape index (κ1) is 29.5. The number of imidazole rings is 1. The summed E-state index contributed by atoms with van der Waals surface area (Å²) in [6.45, 7) is -5.78. The summed E-state index contributed by atoms with van der Waals surface area (Å²) in [5.41, 5.74) is 4.69. The molecule has 0 spiro atoms. The van der Waals surface area contributed by atoms with Crippen LogP contribution >= 0.6 is 26.9 Å². The molecule has 22 heteroatoms. The highest BCUT2D eigenvalue weighted by atomic mass is 32.7. The van der Waals surface area contributed by atoms with Crippen LogP contribution in [0.2, 0.25) is 0 Å². The number of fused-ring (bicyclic) bond motifs is 4. The maximum Gasteiger partial charge on any atom is 0.472 e. The number of halogens is 2. The lowest BCUT2D eigenvalue weighted by Crippen LogP contribution is -2.34. The van der Waals surface area contributed by atoms with Crippen LogP contribution in [0.5, 0.6) is 0 Å². The third kappa shape index (κ3) is 5.82. The maximum atomic E-state index is 15.7. The Labute approximate surface area is 239 Å². The van der Waals surface area contributed by atoms with Crippen LogP contribution < -0.4 is 16.6 Å². The molecular weight excluding hydrogens is 628 g/mol. The highest BCUT2D eigenvalue weighted by Gasteiger charge is 2.53. The van der Waals surface area contributed by atoms with Crippen molar-refractivity contribution in [2.75, 3.05) is 24.3 Å². The quantitative estimate of drug-likeness (QED) is 0.200. The number of hydrogen-bond acceptors (Lipinski definition) is 14. The van der Waals surface area contributed by atoms with Gasteiger partial charge in [0.25, 0.3) is 5.56 Å². The molecular formula is C20H24F2N8O9P2S. The second-order valence-corrected chi connectivity index (χ2v) is 14.0. The summed E-state index contributed by atoms with van der Waals surface area (Å²) in [6.07, 6.45) is -6.59. The van der Waals surface area contributed by atoms with Crippen LogP contribution in [-0.4, -0.2) is 84.3 Å². The molecule has 3 aromatic heterocycles. The van der Waals surface area contributed by atoms with E-state index in [0.717, 1.165) is 10.9 Å². The summed E-state index contributed by atoms with van der Waals surface area (Å²) < 4.78 is 85.4. The molecule has 42 heavy (non-hydrogen) atoms. The van der Waals surface area contributed by atoms with E-state index in [0.29, 0.717) is 0 Å². The number of rotatable bonds is 3. The number of H-pyrrole nitrogens is 1. The van der Waals surface area contributed by atoms with E-state index >= 15 is 8.78 Å². The molecule has 6 rings (SSSR count). The lowest BCUT2D eigenvalue weighted by Gasteiger charge is -2.26. The molecule has 2 bridgehead atoms. The number of nitrogens with one attached hydrogen (secondary N) is 2. The van der Waals surface area contributed by atoms with Crippen LogP contribution in [-0.2, 0) is 32.0 Å². The highest BCUT2D eigenvalue weighted by molar-refractivity contribution is 8.44. The van der Waals surface area contributed by atoms with E-state index in [1.165, 1.54) is 18.6 Å². The number of phosphoric ester groups is 1. The van der Waals surface area contributed by atoms with Crippen LogP contribution in [0.15, 0.2) is 29.7 Å². The molecule has 3 fully saturated rings. The third-order valence-electron chi connectivity index (χ3n) is 6.99. The summed E-state index contributed by atoms with van der Waals surface area (Å²) in [5.74, 6) is -0.928. The number of ether oxygens (including phenoxy) is 1. The predicted molar refractivity (Wildman–Crippen MR) is 142 cm³/mol. The first-order valence-electron chi connectivity index (χ1n) is 12.4. The van der Waals surface area contributed by atoms with Crippen LogP contribution in [0, 0.1) is 5.92 Å². The highest BCUT2D eigenvalue weighted by Crippen LogP contribution is 2.59. The lowest BCUT2D eigenvalue weighted by molar-refractivity contribution is -0.0530. The van der Waals surface area contributed by atoms with Crippen molar-refractivity contribution in [3.05, 3.63) is 35.3 Å². The molecule has 5 N–H and O–H groups in total. The summed E-state index contributed by atoms with van der Waals surface area (Å²) in [5, 5.41) is 2.86. The molecule has 2 saturated heterocycles. The standard InChI is InChI=1S/C20H24F2N8O9P2S/c21-12-9(27-11-1-2-24-6-25-11)3-8-4-36-41(34,42)39-16-13(22)10(5-35-40(32,33)38-15(8)12)37-19(16)30-7-26-14-17(30)28-20(23)29-18(14)31/h1-2,6-10,12-13,15-16,19H,3-5H2,(H,32,33)(H,34,42)(H,24,25,27)(H3,23,28,29,31)/t8-,9-,10-,12+,13-,15-,16-,19-,41-/m1/s1. The van der Waals surface area contributed by atoms with Gasteiger partial charge in [0.1, 0.15) is 36.6 Å². The lowest BCUT2D eigenvalue weighted by atomic mass is 10.1. The maximum absolute atomic E-state index is 15.7. The van der Waals surface area contributed by atoms with Gasteiger partial charge in [-0.05, 0) is 12.5 Å².